The second-order valence-corrected chi connectivity index (χ2v) is 12.8. The molecule has 15 heteroatoms. The summed E-state index contributed by atoms with van der Waals surface area (Å²) in [5.41, 5.74) is 0.856. The summed E-state index contributed by atoms with van der Waals surface area (Å²) in [4.78, 5) is 19.5. The molecule has 3 fully saturated rings. The average Bonchev–Trinajstić information content (AvgIpc) is 3.29. The normalized spacial score (nSPS) is 23.8. The highest BCUT2D eigenvalue weighted by atomic mass is 32.1. The van der Waals surface area contributed by atoms with Crippen molar-refractivity contribution in [1.29, 1.82) is 0 Å². The summed E-state index contributed by atoms with van der Waals surface area (Å²) in [6.45, 7) is -0.147. The zero-order valence-corrected chi connectivity index (χ0v) is 24.8. The molecule has 0 unspecified atom stereocenters. The van der Waals surface area contributed by atoms with Crippen molar-refractivity contribution in [3.8, 4) is 16.6 Å². The van der Waals surface area contributed by atoms with Crippen molar-refractivity contribution in [1.82, 2.24) is 30.1 Å². The molecule has 1 aliphatic carbocycles. The first kappa shape index (κ1) is 29.0. The Morgan fingerprint density at radius 2 is 2.00 bits per heavy atom. The number of carbonyl (C=O) groups is 1. The number of hydrogen-bond donors (Lipinski definition) is 2. The largest absolute Gasteiger partial charge is 0.479 e. The van der Waals surface area contributed by atoms with Gasteiger partial charge in [0, 0.05) is 18.3 Å². The predicted octanol–water partition coefficient (Wildman–Crippen LogP) is 5.51. The van der Waals surface area contributed by atoms with Gasteiger partial charge in [-0.05, 0) is 56.2 Å². The van der Waals surface area contributed by atoms with Gasteiger partial charge in [-0.3, -0.25) is 14.4 Å². The maximum Gasteiger partial charge on any atom is 0.393 e. The number of benzene rings is 1. The molecule has 2 saturated heterocycles. The van der Waals surface area contributed by atoms with E-state index in [9.17, 15) is 18.0 Å². The highest BCUT2D eigenvalue weighted by Gasteiger charge is 2.46. The molecule has 4 atom stereocenters. The average molecular weight is 634 g/mol. The van der Waals surface area contributed by atoms with Crippen LogP contribution in [0.2, 0.25) is 0 Å². The summed E-state index contributed by atoms with van der Waals surface area (Å²) >= 11 is 1.11. The molecule has 1 aromatic carbocycles. The van der Waals surface area contributed by atoms with Crippen LogP contribution in [-0.2, 0) is 13.0 Å². The van der Waals surface area contributed by atoms with E-state index in [1.165, 1.54) is 7.11 Å². The Kier molecular flexibility index (Phi) is 7.27. The molecule has 1 saturated carbocycles. The minimum atomic E-state index is -4.49. The number of ether oxygens (including phenoxy) is 1. The number of nitrogens with zero attached hydrogens (tertiary/aromatic N) is 5. The molecule has 2 aliphatic heterocycles. The number of carbonyl (C=O) groups excluding carboxylic acids is 1. The van der Waals surface area contributed by atoms with Crippen LogP contribution in [0, 0.1) is 0 Å². The lowest BCUT2D eigenvalue weighted by Gasteiger charge is -2.39. The summed E-state index contributed by atoms with van der Waals surface area (Å²) in [5.74, 6) is -0.255. The highest BCUT2D eigenvalue weighted by Crippen LogP contribution is 2.45. The third-order valence-corrected chi connectivity index (χ3v) is 10.1. The Morgan fingerprint density at radius 3 is 2.75 bits per heavy atom. The third-order valence-electron chi connectivity index (χ3n) is 8.84. The number of methoxy groups -OCH3 is 1. The van der Waals surface area contributed by atoms with Gasteiger partial charge in [0.25, 0.3) is 5.91 Å². The standard InChI is InChI=1S/C29H31F4N7O3S/c1-39-15-8-9-21(39)23(30)20(10-15)35-19-5-3-4-16-17(11-29(31,32)33)25(44-24(16)19)26-36-22(43-38-26)12-34-27(41)18-13-40(14-6-7-14)37-28(18)42-2/h3-5,13-15,20-21,23,35H,6-12H2,1-2H3,(H,34,41)/t15-,20-,21+,23-/m1/s1. The molecule has 7 rings (SSSR count). The first-order valence-electron chi connectivity index (χ1n) is 14.6. The predicted molar refractivity (Wildman–Crippen MR) is 155 cm³/mol. The molecule has 4 aromatic rings. The van der Waals surface area contributed by atoms with Crippen molar-refractivity contribution in [2.45, 2.75) is 81.6 Å². The van der Waals surface area contributed by atoms with Crippen molar-refractivity contribution in [2.75, 3.05) is 19.5 Å². The molecular weight excluding hydrogens is 602 g/mol. The van der Waals surface area contributed by atoms with E-state index >= 15 is 4.39 Å². The first-order chi connectivity index (χ1) is 21.1. The number of nitrogens with one attached hydrogen (secondary N) is 2. The van der Waals surface area contributed by atoms with E-state index in [-0.39, 0.29) is 58.3 Å². The lowest BCUT2D eigenvalue weighted by molar-refractivity contribution is -0.126. The number of fused-ring (bicyclic) bond motifs is 3. The van der Waals surface area contributed by atoms with E-state index < -0.39 is 30.7 Å². The van der Waals surface area contributed by atoms with Gasteiger partial charge < -0.3 is 19.9 Å². The molecule has 0 spiro atoms. The molecular formula is C29H31F4N7O3S. The molecule has 2 N–H and O–H groups in total. The Morgan fingerprint density at radius 1 is 1.20 bits per heavy atom. The number of hydrogen-bond acceptors (Lipinski definition) is 9. The van der Waals surface area contributed by atoms with Crippen LogP contribution in [0.3, 0.4) is 0 Å². The van der Waals surface area contributed by atoms with Gasteiger partial charge in [0.1, 0.15) is 11.7 Å². The summed E-state index contributed by atoms with van der Waals surface area (Å²) in [5, 5.41) is 14.7. The fourth-order valence-electron chi connectivity index (χ4n) is 6.46. The number of amides is 1. The number of anilines is 1. The number of thiophene rings is 1. The quantitative estimate of drug-likeness (QED) is 0.232. The number of rotatable bonds is 9. The number of aromatic nitrogens is 4. The highest BCUT2D eigenvalue weighted by molar-refractivity contribution is 7.23. The topological polar surface area (TPSA) is 110 Å². The zero-order chi connectivity index (χ0) is 30.7. The number of halogens is 4. The zero-order valence-electron chi connectivity index (χ0n) is 24.0. The van der Waals surface area contributed by atoms with E-state index in [4.69, 9.17) is 9.26 Å². The molecule has 1 amide bonds. The van der Waals surface area contributed by atoms with Crippen LogP contribution in [0.1, 0.15) is 60.0 Å². The fraction of sp³-hybridized carbons (Fsp3) is 0.517. The molecule has 3 aliphatic rings. The van der Waals surface area contributed by atoms with Crippen LogP contribution in [0.4, 0.5) is 23.2 Å². The van der Waals surface area contributed by atoms with Gasteiger partial charge >= 0.3 is 6.18 Å². The molecule has 234 valence electrons. The van der Waals surface area contributed by atoms with Crippen molar-refractivity contribution >= 4 is 33.0 Å². The van der Waals surface area contributed by atoms with Crippen molar-refractivity contribution < 1.29 is 31.6 Å². The molecule has 3 aromatic heterocycles. The molecule has 0 radical (unpaired) electrons. The van der Waals surface area contributed by atoms with Gasteiger partial charge in [0.2, 0.25) is 17.6 Å². The summed E-state index contributed by atoms with van der Waals surface area (Å²) in [7, 11) is 3.38. The van der Waals surface area contributed by atoms with Gasteiger partial charge in [0.05, 0.1) is 47.4 Å². The van der Waals surface area contributed by atoms with Gasteiger partial charge in [-0.25, -0.2) is 4.39 Å². The third kappa shape index (κ3) is 5.40. The van der Waals surface area contributed by atoms with Gasteiger partial charge in [-0.2, -0.15) is 18.2 Å². The lowest BCUT2D eigenvalue weighted by atomic mass is 9.95. The van der Waals surface area contributed by atoms with Crippen LogP contribution in [0.15, 0.2) is 28.9 Å². The molecule has 2 bridgehead atoms. The Balaban J connectivity index is 1.14. The maximum absolute atomic E-state index is 15.4. The smallest absolute Gasteiger partial charge is 0.393 e. The Hall–Kier alpha value is -3.72. The Labute approximate surface area is 253 Å². The van der Waals surface area contributed by atoms with Gasteiger partial charge in [-0.15, -0.1) is 16.4 Å². The van der Waals surface area contributed by atoms with Crippen molar-refractivity contribution in [3.05, 3.63) is 41.4 Å². The van der Waals surface area contributed by atoms with E-state index in [2.05, 4.69) is 30.8 Å². The second-order valence-electron chi connectivity index (χ2n) is 11.7. The van der Waals surface area contributed by atoms with E-state index in [1.54, 1.807) is 29.1 Å². The van der Waals surface area contributed by atoms with E-state index in [1.807, 2.05) is 7.05 Å². The van der Waals surface area contributed by atoms with Crippen LogP contribution in [-0.4, -0.2) is 75.4 Å². The van der Waals surface area contributed by atoms with E-state index in [0.717, 1.165) is 37.0 Å². The van der Waals surface area contributed by atoms with Crippen LogP contribution in [0.5, 0.6) is 5.88 Å². The summed E-state index contributed by atoms with van der Waals surface area (Å²) < 4.78 is 69.7. The van der Waals surface area contributed by atoms with Crippen molar-refractivity contribution in [2.24, 2.45) is 0 Å². The van der Waals surface area contributed by atoms with Crippen LogP contribution in [0.25, 0.3) is 20.8 Å². The SMILES string of the molecule is COc1nn(C2CC2)cc1C(=O)NCc1nc(-c2sc3c(N[C@@H]4C[C@H]5CC[C@@H]([C@@H]4F)N5C)cccc3c2CC(F)(F)F)no1. The lowest BCUT2D eigenvalue weighted by Crippen LogP contribution is -2.53. The van der Waals surface area contributed by atoms with Gasteiger partial charge in [-0.1, -0.05) is 17.3 Å². The minimum Gasteiger partial charge on any atom is -0.479 e. The molecule has 5 heterocycles. The number of piperidine rings is 1. The minimum absolute atomic E-state index is 0.0134. The number of alkyl halides is 4. The van der Waals surface area contributed by atoms with E-state index in [0.29, 0.717) is 22.2 Å². The second kappa shape index (κ2) is 11.0. The monoisotopic (exact) mass is 633 g/mol. The summed E-state index contributed by atoms with van der Waals surface area (Å²) in [6, 6.07) is 4.99. The molecule has 44 heavy (non-hydrogen) atoms. The maximum atomic E-state index is 15.4. The van der Waals surface area contributed by atoms with Crippen molar-refractivity contribution in [3.63, 3.8) is 0 Å². The fourth-order valence-corrected chi connectivity index (χ4v) is 7.68. The van der Waals surface area contributed by atoms with Crippen LogP contribution < -0.4 is 15.4 Å². The summed E-state index contributed by atoms with van der Waals surface area (Å²) in [6.07, 6.45) is -0.848. The first-order valence-corrected chi connectivity index (χ1v) is 15.4. The Bertz CT molecular complexity index is 1700. The van der Waals surface area contributed by atoms with Crippen LogP contribution >= 0.6 is 11.3 Å². The molecule has 10 nitrogen and oxygen atoms in total. The van der Waals surface area contributed by atoms with Gasteiger partial charge in [0.15, 0.2) is 0 Å².